The molecule has 0 spiro atoms. The first kappa shape index (κ1) is 16.4. The predicted octanol–water partition coefficient (Wildman–Crippen LogP) is 1.56. The molecule has 0 aromatic heterocycles. The third-order valence-corrected chi connectivity index (χ3v) is 9.00. The molecule has 0 amide bonds. The van der Waals surface area contributed by atoms with Crippen molar-refractivity contribution in [2.45, 2.75) is 24.9 Å². The fourth-order valence-electron chi connectivity index (χ4n) is 1.23. The number of allylic oxidation sites excluding steroid dienone is 2. The molecule has 0 aromatic rings. The van der Waals surface area contributed by atoms with Gasteiger partial charge in [-0.05, 0) is 13.8 Å². The van der Waals surface area contributed by atoms with Crippen LogP contribution in [0.25, 0.3) is 0 Å². The van der Waals surface area contributed by atoms with E-state index in [2.05, 4.69) is 13.2 Å². The van der Waals surface area contributed by atoms with E-state index in [9.17, 15) is 16.8 Å². The molecule has 0 aromatic carbocycles. The maximum absolute atomic E-state index is 12.1. The van der Waals surface area contributed by atoms with Crippen molar-refractivity contribution < 1.29 is 16.8 Å². The summed E-state index contributed by atoms with van der Waals surface area (Å²) < 4.78 is 46.0. The Kier molecular flexibility index (Phi) is 5.16. The quantitative estimate of drug-likeness (QED) is 0.664. The summed E-state index contributed by atoms with van der Waals surface area (Å²) in [5.74, 6) is -0.926. The molecular weight excluding hydrogens is 260 g/mol. The van der Waals surface area contributed by atoms with Gasteiger partial charge in [-0.1, -0.05) is 19.1 Å². The van der Waals surface area contributed by atoms with E-state index < -0.39 is 29.7 Å². The van der Waals surface area contributed by atoms with Gasteiger partial charge in [0.25, 0.3) is 0 Å². The summed E-state index contributed by atoms with van der Waals surface area (Å²) >= 11 is 0. The Morgan fingerprint density at radius 3 is 1.76 bits per heavy atom. The normalized spacial score (nSPS) is 13.6. The summed E-state index contributed by atoms with van der Waals surface area (Å²) in [7, 11) is -7.46. The van der Waals surface area contributed by atoms with Crippen molar-refractivity contribution in [3.63, 3.8) is 0 Å². The van der Waals surface area contributed by atoms with Gasteiger partial charge in [0.05, 0.1) is 5.75 Å². The van der Waals surface area contributed by atoms with E-state index in [0.717, 1.165) is 0 Å². The Hall–Kier alpha value is -0.620. The third kappa shape index (κ3) is 3.19. The molecule has 0 aliphatic carbocycles. The van der Waals surface area contributed by atoms with Crippen LogP contribution >= 0.6 is 0 Å². The maximum Gasteiger partial charge on any atom is 0.170 e. The molecule has 4 nitrogen and oxygen atoms in total. The second kappa shape index (κ2) is 5.35. The van der Waals surface area contributed by atoms with Crippen LogP contribution in [0.1, 0.15) is 20.8 Å². The molecule has 0 rings (SSSR count). The van der Waals surface area contributed by atoms with Crippen LogP contribution in [0.15, 0.2) is 25.3 Å². The number of rotatable bonds is 7. The first-order chi connectivity index (χ1) is 7.55. The Morgan fingerprint density at radius 1 is 1.06 bits per heavy atom. The third-order valence-electron chi connectivity index (χ3n) is 2.90. The lowest BCUT2D eigenvalue weighted by Gasteiger charge is -2.25. The van der Waals surface area contributed by atoms with Gasteiger partial charge in [0.2, 0.25) is 0 Å². The minimum absolute atomic E-state index is 0.202. The predicted molar refractivity (Wildman–Crippen MR) is 71.2 cm³/mol. The van der Waals surface area contributed by atoms with Gasteiger partial charge >= 0.3 is 0 Å². The first-order valence-corrected chi connectivity index (χ1v) is 8.56. The van der Waals surface area contributed by atoms with Crippen molar-refractivity contribution >= 4 is 19.7 Å². The smallest absolute Gasteiger partial charge is 0.170 e. The first-order valence-electron chi connectivity index (χ1n) is 5.25. The number of hydrogen-bond donors (Lipinski definition) is 0. The van der Waals surface area contributed by atoms with E-state index in [-0.39, 0.29) is 11.5 Å². The zero-order valence-corrected chi connectivity index (χ0v) is 12.1. The molecular formula is C11H20O4S2. The second-order valence-corrected chi connectivity index (χ2v) is 9.89. The van der Waals surface area contributed by atoms with Crippen molar-refractivity contribution in [2.75, 3.05) is 11.5 Å². The second-order valence-electron chi connectivity index (χ2n) is 4.22. The van der Waals surface area contributed by atoms with Crippen molar-refractivity contribution in [1.29, 1.82) is 0 Å². The van der Waals surface area contributed by atoms with Gasteiger partial charge < -0.3 is 0 Å². The van der Waals surface area contributed by atoms with Crippen LogP contribution in [0.2, 0.25) is 0 Å². The topological polar surface area (TPSA) is 68.3 Å². The van der Waals surface area contributed by atoms with Gasteiger partial charge in [0.1, 0.15) is 0 Å². The number of hydrogen-bond acceptors (Lipinski definition) is 4. The molecule has 0 N–H and O–H groups in total. The van der Waals surface area contributed by atoms with Crippen molar-refractivity contribution in [3.05, 3.63) is 25.3 Å². The molecule has 0 saturated carbocycles. The average Bonchev–Trinajstić information content (AvgIpc) is 2.25. The van der Waals surface area contributed by atoms with E-state index in [1.54, 1.807) is 0 Å². The van der Waals surface area contributed by atoms with Crippen LogP contribution in [-0.2, 0) is 19.7 Å². The highest BCUT2D eigenvalue weighted by molar-refractivity contribution is 8.10. The fourth-order valence-corrected chi connectivity index (χ4v) is 5.21. The van der Waals surface area contributed by atoms with Gasteiger partial charge in [0, 0.05) is 11.7 Å². The Balaban J connectivity index is 5.48. The molecule has 0 atom stereocenters. The van der Waals surface area contributed by atoms with Crippen molar-refractivity contribution in [3.8, 4) is 0 Å². The van der Waals surface area contributed by atoms with E-state index in [0.29, 0.717) is 0 Å². The zero-order chi connectivity index (χ0) is 13.9. The molecule has 0 aliphatic heterocycles. The molecule has 0 aliphatic rings. The Morgan fingerprint density at radius 2 is 1.47 bits per heavy atom. The van der Waals surface area contributed by atoms with E-state index in [1.165, 1.54) is 32.9 Å². The summed E-state index contributed by atoms with van der Waals surface area (Å²) in [4.78, 5) is 0. The lowest BCUT2D eigenvalue weighted by Crippen LogP contribution is -2.43. The van der Waals surface area contributed by atoms with Crippen LogP contribution in [0.5, 0.6) is 0 Å². The fraction of sp³-hybridized carbons (Fsp3) is 0.636. The highest BCUT2D eigenvalue weighted by atomic mass is 32.3. The highest BCUT2D eigenvalue weighted by Gasteiger charge is 2.45. The van der Waals surface area contributed by atoms with Crippen molar-refractivity contribution in [2.24, 2.45) is 5.92 Å². The lowest BCUT2D eigenvalue weighted by atomic mass is 10.2. The summed E-state index contributed by atoms with van der Waals surface area (Å²) in [5, 5.41) is 0. The molecule has 6 heteroatoms. The molecule has 0 saturated heterocycles. The summed E-state index contributed by atoms with van der Waals surface area (Å²) in [6, 6.07) is 0. The SMILES string of the molecule is C=CC(C=C)CS(=O)(=O)C(C)(C)S(=O)(=O)CC. The van der Waals surface area contributed by atoms with Crippen LogP contribution in [0.3, 0.4) is 0 Å². The minimum Gasteiger partial charge on any atom is -0.227 e. The van der Waals surface area contributed by atoms with Gasteiger partial charge in [0.15, 0.2) is 23.8 Å². The maximum atomic E-state index is 12.1. The van der Waals surface area contributed by atoms with E-state index in [1.807, 2.05) is 0 Å². The molecule has 0 heterocycles. The average molecular weight is 280 g/mol. The minimum atomic E-state index is -3.78. The van der Waals surface area contributed by atoms with Crippen LogP contribution in [-0.4, -0.2) is 32.4 Å². The van der Waals surface area contributed by atoms with Gasteiger partial charge in [-0.3, -0.25) is 0 Å². The number of sulfone groups is 2. The molecule has 17 heavy (non-hydrogen) atoms. The van der Waals surface area contributed by atoms with Crippen LogP contribution in [0, 0.1) is 5.92 Å². The van der Waals surface area contributed by atoms with Crippen LogP contribution in [0.4, 0.5) is 0 Å². The Labute approximate surface area is 104 Å². The molecule has 100 valence electrons. The molecule has 0 unspecified atom stereocenters. The lowest BCUT2D eigenvalue weighted by molar-refractivity contribution is 0.553. The highest BCUT2D eigenvalue weighted by Crippen LogP contribution is 2.27. The molecule has 0 bridgehead atoms. The summed E-state index contributed by atoms with van der Waals surface area (Å²) in [5.41, 5.74) is 0. The Bertz CT molecular complexity index is 476. The summed E-state index contributed by atoms with van der Waals surface area (Å²) in [6.07, 6.45) is 2.89. The van der Waals surface area contributed by atoms with Gasteiger partial charge in [-0.15, -0.1) is 13.2 Å². The molecule has 0 radical (unpaired) electrons. The van der Waals surface area contributed by atoms with Crippen LogP contribution < -0.4 is 0 Å². The van der Waals surface area contributed by atoms with Gasteiger partial charge in [-0.25, -0.2) is 16.8 Å². The van der Waals surface area contributed by atoms with E-state index >= 15 is 0 Å². The molecule has 0 fully saturated rings. The standard InChI is InChI=1S/C11H20O4S2/c1-6-10(7-2)9-17(14,15)11(4,5)16(12,13)8-3/h6-7,10H,1-2,8-9H2,3-5H3. The van der Waals surface area contributed by atoms with Crippen molar-refractivity contribution in [1.82, 2.24) is 0 Å². The largest absolute Gasteiger partial charge is 0.227 e. The zero-order valence-electron chi connectivity index (χ0n) is 10.5. The van der Waals surface area contributed by atoms with Gasteiger partial charge in [-0.2, -0.15) is 0 Å². The van der Waals surface area contributed by atoms with E-state index in [4.69, 9.17) is 0 Å². The monoisotopic (exact) mass is 280 g/mol. The summed E-state index contributed by atoms with van der Waals surface area (Å²) in [6.45, 7) is 10.9.